The zero-order valence-corrected chi connectivity index (χ0v) is 13.0. The summed E-state index contributed by atoms with van der Waals surface area (Å²) >= 11 is 3.46. The van der Waals surface area contributed by atoms with Gasteiger partial charge >= 0.3 is 5.97 Å². The van der Waals surface area contributed by atoms with E-state index < -0.39 is 5.97 Å². The lowest BCUT2D eigenvalue weighted by molar-refractivity contribution is 0.0437. The Balaban J connectivity index is 1.68. The van der Waals surface area contributed by atoms with Gasteiger partial charge in [0.05, 0.1) is 5.56 Å². The van der Waals surface area contributed by atoms with Gasteiger partial charge in [0.25, 0.3) is 0 Å². The number of ether oxygens (including phenoxy) is 1. The Labute approximate surface area is 135 Å². The minimum Gasteiger partial charge on any atom is -0.454 e. The molecule has 0 aliphatic heterocycles. The summed E-state index contributed by atoms with van der Waals surface area (Å²) in [6, 6.07) is 12.7. The molecule has 1 aromatic carbocycles. The SMILES string of the molecule is O=C(OCc1cc(-c2ccccc2Br)no1)c1cccnc1. The molecular weight excluding hydrogens is 348 g/mol. The van der Waals surface area contributed by atoms with E-state index in [0.717, 1.165) is 10.0 Å². The van der Waals surface area contributed by atoms with Gasteiger partial charge in [-0.15, -0.1) is 0 Å². The van der Waals surface area contributed by atoms with Crippen molar-refractivity contribution in [2.45, 2.75) is 6.61 Å². The number of esters is 1. The lowest BCUT2D eigenvalue weighted by Gasteiger charge is -2.01. The molecule has 3 aromatic rings. The first-order chi connectivity index (χ1) is 10.7. The number of carbonyl (C=O) groups is 1. The summed E-state index contributed by atoms with van der Waals surface area (Å²) < 4.78 is 11.3. The molecule has 2 heterocycles. The number of hydrogen-bond acceptors (Lipinski definition) is 5. The Morgan fingerprint density at radius 1 is 1.23 bits per heavy atom. The number of benzene rings is 1. The van der Waals surface area contributed by atoms with Crippen LogP contribution >= 0.6 is 15.9 Å². The Bertz CT molecular complexity index is 787. The van der Waals surface area contributed by atoms with Crippen molar-refractivity contribution in [3.05, 3.63) is 70.7 Å². The average Bonchev–Trinajstić information content (AvgIpc) is 3.02. The van der Waals surface area contributed by atoms with Crippen LogP contribution in [0.15, 0.2) is 63.9 Å². The fraction of sp³-hybridized carbons (Fsp3) is 0.0625. The van der Waals surface area contributed by atoms with Crippen molar-refractivity contribution in [2.24, 2.45) is 0 Å². The van der Waals surface area contributed by atoms with E-state index in [-0.39, 0.29) is 6.61 Å². The third kappa shape index (κ3) is 3.23. The topological polar surface area (TPSA) is 65.2 Å². The van der Waals surface area contributed by atoms with Gasteiger partial charge < -0.3 is 9.26 Å². The lowest BCUT2D eigenvalue weighted by atomic mass is 10.1. The Hall–Kier alpha value is -2.47. The highest BCUT2D eigenvalue weighted by Gasteiger charge is 2.12. The van der Waals surface area contributed by atoms with Crippen molar-refractivity contribution in [1.82, 2.24) is 10.1 Å². The molecule has 5 nitrogen and oxygen atoms in total. The van der Waals surface area contributed by atoms with Crippen LogP contribution in [0.25, 0.3) is 11.3 Å². The highest BCUT2D eigenvalue weighted by Crippen LogP contribution is 2.27. The number of pyridine rings is 1. The van der Waals surface area contributed by atoms with Crippen LogP contribution in [0.3, 0.4) is 0 Å². The largest absolute Gasteiger partial charge is 0.454 e. The molecule has 22 heavy (non-hydrogen) atoms. The number of aromatic nitrogens is 2. The lowest BCUT2D eigenvalue weighted by Crippen LogP contribution is -2.04. The van der Waals surface area contributed by atoms with Crippen LogP contribution in [0.4, 0.5) is 0 Å². The van der Waals surface area contributed by atoms with Gasteiger partial charge in [0.15, 0.2) is 12.4 Å². The number of rotatable bonds is 4. The second-order valence-electron chi connectivity index (χ2n) is 4.48. The molecule has 0 fully saturated rings. The van der Waals surface area contributed by atoms with Gasteiger partial charge in [-0.1, -0.05) is 39.3 Å². The minimum atomic E-state index is -0.452. The fourth-order valence-electron chi connectivity index (χ4n) is 1.88. The van der Waals surface area contributed by atoms with Crippen LogP contribution in [-0.2, 0) is 11.3 Å². The van der Waals surface area contributed by atoms with Gasteiger partial charge in [-0.05, 0) is 18.2 Å². The molecule has 0 unspecified atom stereocenters. The highest BCUT2D eigenvalue weighted by atomic mass is 79.9. The summed E-state index contributed by atoms with van der Waals surface area (Å²) in [6.07, 6.45) is 3.05. The molecule has 6 heteroatoms. The maximum absolute atomic E-state index is 11.8. The minimum absolute atomic E-state index is 0.0190. The number of halogens is 1. The van der Waals surface area contributed by atoms with Crippen LogP contribution in [0.2, 0.25) is 0 Å². The Kier molecular flexibility index (Phi) is 4.29. The van der Waals surface area contributed by atoms with E-state index in [0.29, 0.717) is 17.0 Å². The van der Waals surface area contributed by atoms with E-state index >= 15 is 0 Å². The maximum atomic E-state index is 11.8. The van der Waals surface area contributed by atoms with E-state index in [2.05, 4.69) is 26.1 Å². The van der Waals surface area contributed by atoms with Gasteiger partial charge in [0, 0.05) is 28.5 Å². The summed E-state index contributed by atoms with van der Waals surface area (Å²) in [4.78, 5) is 15.7. The van der Waals surface area contributed by atoms with Crippen LogP contribution < -0.4 is 0 Å². The van der Waals surface area contributed by atoms with E-state index in [1.807, 2.05) is 24.3 Å². The van der Waals surface area contributed by atoms with E-state index in [1.165, 1.54) is 6.20 Å². The first-order valence-electron chi connectivity index (χ1n) is 6.51. The zero-order valence-electron chi connectivity index (χ0n) is 11.4. The molecule has 0 aliphatic rings. The molecule has 3 rings (SSSR count). The van der Waals surface area contributed by atoms with Gasteiger partial charge in [-0.2, -0.15) is 0 Å². The summed E-state index contributed by atoms with van der Waals surface area (Å²) in [7, 11) is 0. The first kappa shape index (κ1) is 14.5. The van der Waals surface area contributed by atoms with Crippen LogP contribution in [0.5, 0.6) is 0 Å². The molecule has 0 spiro atoms. The van der Waals surface area contributed by atoms with Crippen molar-refractivity contribution in [1.29, 1.82) is 0 Å². The summed E-state index contributed by atoms with van der Waals surface area (Å²) in [5.74, 6) is 0.0231. The van der Waals surface area contributed by atoms with Crippen molar-refractivity contribution >= 4 is 21.9 Å². The second-order valence-corrected chi connectivity index (χ2v) is 5.33. The van der Waals surface area contributed by atoms with Crippen LogP contribution in [0.1, 0.15) is 16.1 Å². The van der Waals surface area contributed by atoms with Crippen molar-refractivity contribution < 1.29 is 14.1 Å². The van der Waals surface area contributed by atoms with E-state index in [4.69, 9.17) is 9.26 Å². The molecule has 0 saturated carbocycles. The molecule has 0 saturated heterocycles. The molecule has 0 N–H and O–H groups in total. The quantitative estimate of drug-likeness (QED) is 0.662. The van der Waals surface area contributed by atoms with E-state index in [9.17, 15) is 4.79 Å². The highest BCUT2D eigenvalue weighted by molar-refractivity contribution is 9.10. The monoisotopic (exact) mass is 358 g/mol. The summed E-state index contributed by atoms with van der Waals surface area (Å²) in [5.41, 5.74) is 1.99. The number of carbonyl (C=O) groups excluding carboxylic acids is 1. The normalized spacial score (nSPS) is 10.4. The van der Waals surface area contributed by atoms with Gasteiger partial charge in [-0.25, -0.2) is 4.79 Å². The first-order valence-corrected chi connectivity index (χ1v) is 7.31. The molecule has 0 aliphatic carbocycles. The molecule has 110 valence electrons. The molecule has 0 atom stereocenters. The van der Waals surface area contributed by atoms with Crippen molar-refractivity contribution in [3.8, 4) is 11.3 Å². The molecule has 0 amide bonds. The summed E-state index contributed by atoms with van der Waals surface area (Å²) in [5, 5.41) is 3.99. The molecule has 2 aromatic heterocycles. The average molecular weight is 359 g/mol. The maximum Gasteiger partial charge on any atom is 0.340 e. The fourth-order valence-corrected chi connectivity index (χ4v) is 2.37. The van der Waals surface area contributed by atoms with Crippen LogP contribution in [0, 0.1) is 0 Å². The smallest absolute Gasteiger partial charge is 0.340 e. The van der Waals surface area contributed by atoms with Crippen LogP contribution in [-0.4, -0.2) is 16.1 Å². The van der Waals surface area contributed by atoms with Crippen molar-refractivity contribution in [3.63, 3.8) is 0 Å². The molecular formula is C16H11BrN2O3. The molecule has 0 bridgehead atoms. The molecule has 0 radical (unpaired) electrons. The number of nitrogens with zero attached hydrogens (tertiary/aromatic N) is 2. The third-order valence-corrected chi connectivity index (χ3v) is 3.64. The van der Waals surface area contributed by atoms with E-state index in [1.54, 1.807) is 24.4 Å². The van der Waals surface area contributed by atoms with Gasteiger partial charge in [0.2, 0.25) is 0 Å². The standard InChI is InChI=1S/C16H11BrN2O3/c17-14-6-2-1-5-13(14)15-8-12(22-19-15)10-21-16(20)11-4-3-7-18-9-11/h1-9H,10H2. The zero-order chi connectivity index (χ0) is 15.4. The Morgan fingerprint density at radius 2 is 2.09 bits per heavy atom. The summed E-state index contributed by atoms with van der Waals surface area (Å²) in [6.45, 7) is 0.0190. The van der Waals surface area contributed by atoms with Gasteiger partial charge in [0.1, 0.15) is 5.69 Å². The predicted molar refractivity (Wildman–Crippen MR) is 83.0 cm³/mol. The second kappa shape index (κ2) is 6.53. The Morgan fingerprint density at radius 3 is 2.86 bits per heavy atom. The predicted octanol–water partition coefficient (Wildman–Crippen LogP) is 3.86. The third-order valence-electron chi connectivity index (χ3n) is 2.95. The van der Waals surface area contributed by atoms with Gasteiger partial charge in [-0.3, -0.25) is 4.98 Å². The van der Waals surface area contributed by atoms with Crippen molar-refractivity contribution in [2.75, 3.05) is 0 Å². The number of hydrogen-bond donors (Lipinski definition) is 0.